The predicted molar refractivity (Wildman–Crippen MR) is 120 cm³/mol. The first-order chi connectivity index (χ1) is 15.7. The van der Waals surface area contributed by atoms with Gasteiger partial charge in [-0.1, -0.05) is 18.9 Å². The molecular weight excluding hydrogens is 406 g/mol. The van der Waals surface area contributed by atoms with Crippen LogP contribution in [0.1, 0.15) is 38.5 Å². The number of nitrogens with zero attached hydrogens (tertiary/aromatic N) is 3. The molecule has 1 saturated carbocycles. The van der Waals surface area contributed by atoms with Crippen LogP contribution in [-0.2, 0) is 14.3 Å². The molecule has 1 aromatic carbocycles. The van der Waals surface area contributed by atoms with Gasteiger partial charge in [-0.05, 0) is 37.8 Å². The molecular formula is C24H31N5O3. The zero-order valence-corrected chi connectivity index (χ0v) is 18.4. The Labute approximate surface area is 187 Å². The number of carbonyl (C=O) groups is 2. The number of fused-ring (bicyclic) bond motifs is 2. The van der Waals surface area contributed by atoms with Crippen LogP contribution < -0.4 is 5.32 Å². The number of carbonyl (C=O) groups excluding carboxylic acids is 2. The first-order valence-electron chi connectivity index (χ1n) is 12.0. The zero-order valence-electron chi connectivity index (χ0n) is 18.4. The molecule has 3 aliphatic heterocycles. The number of ether oxygens (including phenoxy) is 1. The number of anilines is 1. The van der Waals surface area contributed by atoms with Crippen molar-refractivity contribution < 1.29 is 14.3 Å². The number of H-pyrrole nitrogens is 1. The van der Waals surface area contributed by atoms with Crippen molar-refractivity contribution in [3.8, 4) is 0 Å². The monoisotopic (exact) mass is 437 g/mol. The summed E-state index contributed by atoms with van der Waals surface area (Å²) >= 11 is 0. The number of benzene rings is 1. The highest BCUT2D eigenvalue weighted by Gasteiger charge is 2.54. The van der Waals surface area contributed by atoms with E-state index in [2.05, 4.69) is 20.4 Å². The van der Waals surface area contributed by atoms with Crippen molar-refractivity contribution in [3.05, 3.63) is 24.4 Å². The molecule has 170 valence electrons. The van der Waals surface area contributed by atoms with Gasteiger partial charge in [0.25, 0.3) is 0 Å². The van der Waals surface area contributed by atoms with Gasteiger partial charge in [0.2, 0.25) is 11.8 Å². The second kappa shape index (κ2) is 7.85. The summed E-state index contributed by atoms with van der Waals surface area (Å²) in [7, 11) is 0. The average molecular weight is 438 g/mol. The quantitative estimate of drug-likeness (QED) is 0.767. The lowest BCUT2D eigenvalue weighted by Gasteiger charge is -2.41. The van der Waals surface area contributed by atoms with E-state index in [4.69, 9.17) is 4.74 Å². The number of hydrogen-bond acceptors (Lipinski definition) is 5. The summed E-state index contributed by atoms with van der Waals surface area (Å²) in [6.07, 6.45) is 7.30. The number of aromatic amines is 1. The van der Waals surface area contributed by atoms with Gasteiger partial charge in [0, 0.05) is 36.9 Å². The minimum Gasteiger partial charge on any atom is -0.381 e. The molecule has 0 bridgehead atoms. The number of nitrogens with one attached hydrogen (secondary N) is 2. The van der Waals surface area contributed by atoms with E-state index in [1.165, 1.54) is 0 Å². The maximum Gasteiger partial charge on any atom is 0.247 e. The first kappa shape index (κ1) is 20.2. The Morgan fingerprint density at radius 3 is 2.69 bits per heavy atom. The summed E-state index contributed by atoms with van der Waals surface area (Å²) in [4.78, 5) is 31.7. The highest BCUT2D eigenvalue weighted by atomic mass is 16.5. The lowest BCUT2D eigenvalue weighted by molar-refractivity contribution is -0.147. The molecule has 2 N–H and O–H groups in total. The second-order valence-corrected chi connectivity index (χ2v) is 9.98. The first-order valence-corrected chi connectivity index (χ1v) is 12.0. The van der Waals surface area contributed by atoms with Crippen molar-refractivity contribution in [1.82, 2.24) is 20.0 Å². The third-order valence-corrected chi connectivity index (χ3v) is 8.23. The zero-order chi connectivity index (χ0) is 21.7. The fraction of sp³-hybridized carbons (Fsp3) is 0.625. The van der Waals surface area contributed by atoms with Crippen molar-refractivity contribution in [1.29, 1.82) is 0 Å². The van der Waals surface area contributed by atoms with Gasteiger partial charge >= 0.3 is 0 Å². The molecule has 32 heavy (non-hydrogen) atoms. The van der Waals surface area contributed by atoms with E-state index in [9.17, 15) is 9.59 Å². The molecule has 2 amide bonds. The van der Waals surface area contributed by atoms with Crippen molar-refractivity contribution in [2.24, 2.45) is 11.8 Å². The molecule has 0 radical (unpaired) electrons. The van der Waals surface area contributed by atoms with Crippen LogP contribution in [0.4, 0.5) is 5.69 Å². The van der Waals surface area contributed by atoms with Crippen molar-refractivity contribution in [3.63, 3.8) is 0 Å². The Hall–Kier alpha value is -2.45. The van der Waals surface area contributed by atoms with Gasteiger partial charge in [-0.15, -0.1) is 0 Å². The molecule has 1 aromatic heterocycles. The summed E-state index contributed by atoms with van der Waals surface area (Å²) in [5, 5.41) is 11.0. The average Bonchev–Trinajstić information content (AvgIpc) is 3.60. The number of aromatic nitrogens is 2. The van der Waals surface area contributed by atoms with Crippen LogP contribution >= 0.6 is 0 Å². The van der Waals surface area contributed by atoms with Crippen molar-refractivity contribution in [2.45, 2.75) is 50.1 Å². The van der Waals surface area contributed by atoms with Gasteiger partial charge in [-0.25, -0.2) is 0 Å². The summed E-state index contributed by atoms with van der Waals surface area (Å²) < 4.78 is 5.66. The SMILES string of the molecule is O=C(Nc1cccc2[nH]ncc12)[C@H]1CCCN1C(=O)C1(N2C[C@H]3COC[C@H]3C2)CCCC1. The summed E-state index contributed by atoms with van der Waals surface area (Å²) in [6, 6.07) is 5.31. The van der Waals surface area contributed by atoms with Crippen molar-refractivity contribution >= 4 is 28.4 Å². The molecule has 3 atom stereocenters. The van der Waals surface area contributed by atoms with E-state index in [0.717, 1.165) is 75.0 Å². The van der Waals surface area contributed by atoms with Gasteiger partial charge in [-0.2, -0.15) is 5.10 Å². The minimum absolute atomic E-state index is 0.0932. The molecule has 4 fully saturated rings. The number of likely N-dealkylation sites (tertiary alicyclic amines) is 2. The summed E-state index contributed by atoms with van der Waals surface area (Å²) in [5.41, 5.74) is 1.19. The fourth-order valence-electron chi connectivity index (χ4n) is 6.50. The molecule has 8 nitrogen and oxygen atoms in total. The standard InChI is InChI=1S/C24H31N5O3/c30-22(26-19-5-3-6-20-18(19)11-25-27-20)21-7-4-10-29(21)23(31)24(8-1-2-9-24)28-12-16-14-32-15-17(16)13-28/h3,5-6,11,16-17,21H,1-2,4,7-10,12-15H2,(H,25,27)(H,26,30)/t16-,17+,21-/m1/s1. The van der Waals surface area contributed by atoms with E-state index >= 15 is 0 Å². The van der Waals surface area contributed by atoms with Gasteiger partial charge in [-0.3, -0.25) is 19.6 Å². The Morgan fingerprint density at radius 1 is 1.12 bits per heavy atom. The topological polar surface area (TPSA) is 90.6 Å². The van der Waals surface area contributed by atoms with E-state index in [1.54, 1.807) is 6.20 Å². The van der Waals surface area contributed by atoms with Crippen LogP contribution in [0, 0.1) is 11.8 Å². The number of amides is 2. The van der Waals surface area contributed by atoms with Crippen molar-refractivity contribution in [2.75, 3.05) is 38.2 Å². The lowest BCUT2D eigenvalue weighted by atomic mass is 9.92. The summed E-state index contributed by atoms with van der Waals surface area (Å²) in [5.74, 6) is 1.18. The molecule has 8 heteroatoms. The maximum absolute atomic E-state index is 14.1. The normalized spacial score (nSPS) is 29.6. The fourth-order valence-corrected chi connectivity index (χ4v) is 6.50. The van der Waals surface area contributed by atoms with Crippen LogP contribution in [0.25, 0.3) is 10.9 Å². The molecule has 0 spiro atoms. The van der Waals surface area contributed by atoms with Crippen LogP contribution in [-0.4, -0.2) is 76.2 Å². The highest BCUT2D eigenvalue weighted by Crippen LogP contribution is 2.43. The van der Waals surface area contributed by atoms with E-state index in [1.807, 2.05) is 23.1 Å². The summed E-state index contributed by atoms with van der Waals surface area (Å²) in [6.45, 7) is 4.20. The maximum atomic E-state index is 14.1. The smallest absolute Gasteiger partial charge is 0.247 e. The van der Waals surface area contributed by atoms with Gasteiger partial charge in [0.05, 0.1) is 30.6 Å². The highest BCUT2D eigenvalue weighted by molar-refractivity contribution is 6.04. The largest absolute Gasteiger partial charge is 0.381 e. The van der Waals surface area contributed by atoms with Crippen LogP contribution in [0.15, 0.2) is 24.4 Å². The Balaban J connectivity index is 1.23. The molecule has 1 aliphatic carbocycles. The third-order valence-electron chi connectivity index (χ3n) is 8.23. The van der Waals surface area contributed by atoms with E-state index < -0.39 is 11.6 Å². The molecule has 6 rings (SSSR count). The molecule has 0 unspecified atom stereocenters. The van der Waals surface area contributed by atoms with E-state index in [0.29, 0.717) is 24.8 Å². The molecule has 4 aliphatic rings. The molecule has 2 aromatic rings. The Morgan fingerprint density at radius 2 is 1.91 bits per heavy atom. The third kappa shape index (κ3) is 3.15. The number of hydrogen-bond donors (Lipinski definition) is 2. The number of rotatable bonds is 4. The van der Waals surface area contributed by atoms with E-state index in [-0.39, 0.29) is 11.8 Å². The molecule has 3 saturated heterocycles. The van der Waals surface area contributed by atoms with Gasteiger partial charge < -0.3 is 15.0 Å². The minimum atomic E-state index is -0.433. The van der Waals surface area contributed by atoms with Crippen LogP contribution in [0.5, 0.6) is 0 Å². The lowest BCUT2D eigenvalue weighted by Crippen LogP contribution is -2.60. The van der Waals surface area contributed by atoms with Crippen LogP contribution in [0.3, 0.4) is 0 Å². The molecule has 4 heterocycles. The van der Waals surface area contributed by atoms with Gasteiger partial charge in [0.15, 0.2) is 0 Å². The van der Waals surface area contributed by atoms with Gasteiger partial charge in [0.1, 0.15) is 11.6 Å². The second-order valence-electron chi connectivity index (χ2n) is 9.98. The Kier molecular flexibility index (Phi) is 4.95. The predicted octanol–water partition coefficient (Wildman–Crippen LogP) is 2.38. The Bertz CT molecular complexity index is 1020. The van der Waals surface area contributed by atoms with Crippen LogP contribution in [0.2, 0.25) is 0 Å².